The van der Waals surface area contributed by atoms with E-state index in [0.29, 0.717) is 34.9 Å². The molecule has 0 heterocycles. The topological polar surface area (TPSA) is 78.9 Å². The van der Waals surface area contributed by atoms with Gasteiger partial charge in [0.15, 0.2) is 52.4 Å². The molecule has 0 aliphatic rings. The number of hydrogen-bond donors (Lipinski definition) is 0. The lowest BCUT2D eigenvalue weighted by molar-refractivity contribution is 0.0468. The van der Waals surface area contributed by atoms with E-state index in [0.717, 1.165) is 0 Å². The van der Waals surface area contributed by atoms with Crippen LogP contribution in [0, 0.1) is 83.8 Å². The molecule has 0 spiro atoms. The molecule has 0 amide bonds. The Labute approximate surface area is 323 Å². The van der Waals surface area contributed by atoms with Crippen LogP contribution in [0.4, 0.5) is 39.5 Å². The maximum atomic E-state index is 14.1. The minimum absolute atomic E-state index is 0.186. The number of halogens is 12. The molecular weight excluding hydrogens is 1040 g/mol. The van der Waals surface area contributed by atoms with Gasteiger partial charge in [0.25, 0.3) is 0 Å². The fourth-order valence-corrected chi connectivity index (χ4v) is 6.69. The van der Waals surface area contributed by atoms with Crippen molar-refractivity contribution in [2.75, 3.05) is 0 Å². The van der Waals surface area contributed by atoms with E-state index in [1.54, 1.807) is 0 Å². The van der Waals surface area contributed by atoms with Crippen LogP contribution in [0.3, 0.4) is 0 Å². The predicted molar refractivity (Wildman–Crippen MR) is 185 cm³/mol. The van der Waals surface area contributed by atoms with Gasteiger partial charge in [-0.25, -0.2) is 53.9 Å². The Morgan fingerprint density at radius 2 is 0.667 bits per heavy atom. The van der Waals surface area contributed by atoms with E-state index in [4.69, 9.17) is 14.2 Å². The molecule has 51 heavy (non-hydrogen) atoms. The van der Waals surface area contributed by atoms with Crippen LogP contribution >= 0.6 is 67.8 Å². The first-order valence-corrected chi connectivity index (χ1v) is 17.1. The standard InChI is InChI=1S/C33H18F9I3O6/c1-10-16(7-49-31(46)13-4-19(34)22(37)25(40)28(13)43)11(2)18(9-51-33(48)15-6-21(36)24(39)27(42)30(15)45)12(3)17(10)8-50-32(47)14-5-20(35)23(38)26(41)29(14)44/h4-6H,7-9H2,1-3H3. The molecule has 0 atom stereocenters. The van der Waals surface area contributed by atoms with Crippen molar-refractivity contribution in [3.63, 3.8) is 0 Å². The Bertz CT molecular complexity index is 1890. The van der Waals surface area contributed by atoms with Gasteiger partial charge in [-0.1, -0.05) is 0 Å². The maximum absolute atomic E-state index is 14.1. The summed E-state index contributed by atoms with van der Waals surface area (Å²) in [6.07, 6.45) is 0. The Morgan fingerprint density at radius 3 is 0.882 bits per heavy atom. The second-order valence-corrected chi connectivity index (χ2v) is 13.8. The molecule has 6 nitrogen and oxygen atoms in total. The molecule has 0 N–H and O–H groups in total. The first-order chi connectivity index (χ1) is 23.8. The molecule has 270 valence electrons. The highest BCUT2D eigenvalue weighted by atomic mass is 127. The minimum atomic E-state index is -1.80. The van der Waals surface area contributed by atoms with E-state index >= 15 is 0 Å². The van der Waals surface area contributed by atoms with Gasteiger partial charge in [-0.15, -0.1) is 0 Å². The molecule has 0 fully saturated rings. The van der Waals surface area contributed by atoms with E-state index in [9.17, 15) is 53.9 Å². The van der Waals surface area contributed by atoms with Crippen LogP contribution in [0.5, 0.6) is 0 Å². The molecule has 0 radical (unpaired) electrons. The summed E-state index contributed by atoms with van der Waals surface area (Å²) in [6.45, 7) is 2.64. The van der Waals surface area contributed by atoms with Crippen molar-refractivity contribution in [2.45, 2.75) is 40.6 Å². The van der Waals surface area contributed by atoms with Crippen LogP contribution in [0.1, 0.15) is 64.5 Å². The van der Waals surface area contributed by atoms with Gasteiger partial charge in [0.1, 0.15) is 19.8 Å². The van der Waals surface area contributed by atoms with Gasteiger partial charge in [0, 0.05) is 0 Å². The molecular formula is C33H18F9I3O6. The second kappa shape index (κ2) is 16.3. The summed E-state index contributed by atoms with van der Waals surface area (Å²) in [4.78, 5) is 38.6. The zero-order valence-corrected chi connectivity index (χ0v) is 32.3. The summed E-state index contributed by atoms with van der Waals surface area (Å²) in [5.41, 5.74) is -0.456. The molecule has 0 aliphatic carbocycles. The highest BCUT2D eigenvalue weighted by Crippen LogP contribution is 2.32. The smallest absolute Gasteiger partial charge is 0.339 e. The lowest BCUT2D eigenvalue weighted by Gasteiger charge is -2.22. The first kappa shape index (κ1) is 40.6. The number of ether oxygens (including phenoxy) is 3. The summed E-state index contributed by atoms with van der Waals surface area (Å²) in [5.74, 6) is -19.0. The SMILES string of the molecule is Cc1c(COC(=O)c2cc(F)c(F)c(F)c2I)c(C)c(COC(=O)c2cc(F)c(F)c(F)c2I)c(C)c1COC(=O)c1cc(F)c(F)c(F)c1I. The molecule has 0 saturated heterocycles. The molecule has 4 aromatic rings. The number of carbonyl (C=O) groups excluding carboxylic acids is 3. The van der Waals surface area contributed by atoms with E-state index in [1.807, 2.05) is 0 Å². The Hall–Kier alpha value is -3.15. The number of hydrogen-bond acceptors (Lipinski definition) is 6. The highest BCUT2D eigenvalue weighted by molar-refractivity contribution is 14.1. The van der Waals surface area contributed by atoms with Crippen molar-refractivity contribution in [1.29, 1.82) is 0 Å². The third-order valence-corrected chi connectivity index (χ3v) is 10.9. The number of benzene rings is 4. The lowest BCUT2D eigenvalue weighted by Crippen LogP contribution is -2.17. The third kappa shape index (κ3) is 8.10. The van der Waals surface area contributed by atoms with Gasteiger partial charge in [-0.2, -0.15) is 0 Å². The van der Waals surface area contributed by atoms with Crippen molar-refractivity contribution in [2.24, 2.45) is 0 Å². The summed E-state index contributed by atoms with van der Waals surface area (Å²) in [7, 11) is 0. The van der Waals surface area contributed by atoms with Crippen molar-refractivity contribution < 1.29 is 68.1 Å². The van der Waals surface area contributed by atoms with E-state index in [1.165, 1.54) is 88.5 Å². The fraction of sp³-hybridized carbons (Fsp3) is 0.182. The van der Waals surface area contributed by atoms with Crippen LogP contribution < -0.4 is 0 Å². The minimum Gasteiger partial charge on any atom is -0.457 e. The molecule has 0 aromatic heterocycles. The average Bonchev–Trinajstić information content (AvgIpc) is 3.09. The molecule has 18 heteroatoms. The normalized spacial score (nSPS) is 11.1. The summed E-state index contributed by atoms with van der Waals surface area (Å²) < 4.78 is 139. The summed E-state index contributed by atoms with van der Waals surface area (Å²) >= 11 is 3.87. The average molecular weight is 1060 g/mol. The number of esters is 3. The lowest BCUT2D eigenvalue weighted by atomic mass is 9.89. The van der Waals surface area contributed by atoms with Gasteiger partial charge in [0.2, 0.25) is 0 Å². The van der Waals surface area contributed by atoms with E-state index < -0.39 is 117 Å². The number of rotatable bonds is 9. The second-order valence-electron chi connectivity index (χ2n) is 10.6. The maximum Gasteiger partial charge on any atom is 0.339 e. The van der Waals surface area contributed by atoms with Crippen molar-refractivity contribution in [3.05, 3.63) is 131 Å². The zero-order valence-electron chi connectivity index (χ0n) is 25.8. The molecule has 0 unspecified atom stereocenters. The summed E-state index contributed by atoms with van der Waals surface area (Å²) in [6, 6.07) is 1.33. The van der Waals surface area contributed by atoms with Gasteiger partial charge < -0.3 is 14.2 Å². The highest BCUT2D eigenvalue weighted by Gasteiger charge is 2.27. The van der Waals surface area contributed by atoms with Gasteiger partial charge >= 0.3 is 17.9 Å². The van der Waals surface area contributed by atoms with Crippen molar-refractivity contribution in [3.8, 4) is 0 Å². The Kier molecular flexibility index (Phi) is 12.9. The molecule has 0 bridgehead atoms. The van der Waals surface area contributed by atoms with E-state index in [2.05, 4.69) is 0 Å². The molecule has 4 aromatic carbocycles. The van der Waals surface area contributed by atoms with Crippen molar-refractivity contribution in [1.82, 2.24) is 0 Å². The quantitative estimate of drug-likeness (QED) is 0.0415. The zero-order chi connectivity index (χ0) is 38.2. The third-order valence-electron chi connectivity index (χ3n) is 7.73. The van der Waals surface area contributed by atoms with Gasteiger partial charge in [-0.05, 0) is 140 Å². The summed E-state index contributed by atoms with van der Waals surface area (Å²) in [5, 5.41) is 0. The van der Waals surface area contributed by atoms with Crippen LogP contribution in [-0.4, -0.2) is 17.9 Å². The predicted octanol–water partition coefficient (Wildman–Crippen LogP) is 9.75. The van der Waals surface area contributed by atoms with Crippen LogP contribution in [-0.2, 0) is 34.0 Å². The Balaban J connectivity index is 1.73. The molecule has 4 rings (SSSR count). The molecule has 0 saturated carbocycles. The van der Waals surface area contributed by atoms with Gasteiger partial charge in [-0.3, -0.25) is 0 Å². The van der Waals surface area contributed by atoms with Gasteiger partial charge in [0.05, 0.1) is 27.4 Å². The van der Waals surface area contributed by atoms with Crippen LogP contribution in [0.25, 0.3) is 0 Å². The first-order valence-electron chi connectivity index (χ1n) is 13.9. The number of carbonyl (C=O) groups is 3. The van der Waals surface area contributed by atoms with Crippen molar-refractivity contribution >= 4 is 85.7 Å². The fourth-order valence-electron chi connectivity index (χ4n) is 4.85. The monoisotopic (exact) mass is 1060 g/mol. The van der Waals surface area contributed by atoms with E-state index in [-0.39, 0.29) is 16.7 Å². The van der Waals surface area contributed by atoms with Crippen LogP contribution in [0.2, 0.25) is 0 Å². The van der Waals surface area contributed by atoms with Crippen LogP contribution in [0.15, 0.2) is 18.2 Å². The largest absolute Gasteiger partial charge is 0.457 e. The molecule has 0 aliphatic heterocycles. The Morgan fingerprint density at radius 1 is 0.451 bits per heavy atom.